The van der Waals surface area contributed by atoms with E-state index in [-0.39, 0.29) is 20.9 Å². The molecule has 0 unspecified atom stereocenters. The fourth-order valence-corrected chi connectivity index (χ4v) is 1.60. The summed E-state index contributed by atoms with van der Waals surface area (Å²) in [6.07, 6.45) is 0. The Bertz CT molecular complexity index is 466. The van der Waals surface area contributed by atoms with Gasteiger partial charge in [-0.1, -0.05) is 0 Å². The summed E-state index contributed by atoms with van der Waals surface area (Å²) in [6.45, 7) is 0. The Hall–Kier alpha value is -2.34. The van der Waals surface area contributed by atoms with Gasteiger partial charge in [0.2, 0.25) is 0 Å². The maximum Gasteiger partial charge on any atom is 0.125 e. The molecule has 0 fully saturated rings. The molecule has 0 radical (unpaired) electrons. The van der Waals surface area contributed by atoms with Crippen molar-refractivity contribution in [1.29, 1.82) is 21.0 Å². The van der Waals surface area contributed by atoms with Crippen molar-refractivity contribution in [3.63, 3.8) is 0 Å². The minimum atomic E-state index is 0.00606. The molecule has 0 spiro atoms. The molecular weight excluding hydrogens is 184 g/mol. The molecule has 0 aliphatic carbocycles. The van der Waals surface area contributed by atoms with Crippen LogP contribution in [0.3, 0.4) is 0 Å². The lowest BCUT2D eigenvalue weighted by Crippen LogP contribution is -1.80. The Morgan fingerprint density at radius 1 is 0.692 bits per heavy atom. The second-order valence-electron chi connectivity index (χ2n) is 1.96. The van der Waals surface area contributed by atoms with E-state index in [0.717, 1.165) is 11.3 Å². The van der Waals surface area contributed by atoms with Crippen LogP contribution >= 0.6 is 11.3 Å². The van der Waals surface area contributed by atoms with Gasteiger partial charge in [0.1, 0.15) is 34.0 Å². The lowest BCUT2D eigenvalue weighted by atomic mass is 10.1. The molecule has 0 aliphatic heterocycles. The molecule has 13 heavy (non-hydrogen) atoms. The van der Waals surface area contributed by atoms with E-state index in [0.29, 0.717) is 0 Å². The monoisotopic (exact) mass is 184 g/mol. The Balaban J connectivity index is 3.63. The molecular formula is C8N4S. The standard InChI is InChI=1S/C8N4S/c9-1-5-6(2-10)8(4-12)13-7(5)3-11. The first-order valence-corrected chi connectivity index (χ1v) is 3.87. The van der Waals surface area contributed by atoms with Gasteiger partial charge >= 0.3 is 0 Å². The van der Waals surface area contributed by atoms with Crippen LogP contribution in [0.15, 0.2) is 0 Å². The largest absolute Gasteiger partial charge is 0.192 e. The molecule has 0 atom stereocenters. The molecule has 0 aromatic carbocycles. The third-order valence-electron chi connectivity index (χ3n) is 1.33. The average molecular weight is 184 g/mol. The molecule has 1 rings (SSSR count). The Labute approximate surface area is 78.1 Å². The number of hydrogen-bond acceptors (Lipinski definition) is 5. The van der Waals surface area contributed by atoms with Gasteiger partial charge in [0.25, 0.3) is 0 Å². The number of rotatable bonds is 0. The summed E-state index contributed by atoms with van der Waals surface area (Å²) in [5, 5.41) is 34.4. The normalized spacial score (nSPS) is 7.69. The van der Waals surface area contributed by atoms with Crippen LogP contribution in [0, 0.1) is 45.3 Å². The van der Waals surface area contributed by atoms with Gasteiger partial charge in [-0.3, -0.25) is 0 Å². The molecule has 0 aliphatic rings. The smallest absolute Gasteiger partial charge is 0.125 e. The average Bonchev–Trinajstić information content (AvgIpc) is 2.54. The van der Waals surface area contributed by atoms with Crippen LogP contribution in [0.25, 0.3) is 0 Å². The van der Waals surface area contributed by atoms with Crippen molar-refractivity contribution in [1.82, 2.24) is 0 Å². The summed E-state index contributed by atoms with van der Waals surface area (Å²) in [6, 6.07) is 7.01. The van der Waals surface area contributed by atoms with Crippen molar-refractivity contribution >= 4 is 11.3 Å². The molecule has 0 bridgehead atoms. The number of nitriles is 4. The maximum absolute atomic E-state index is 8.62. The molecule has 0 N–H and O–H groups in total. The van der Waals surface area contributed by atoms with Crippen molar-refractivity contribution in [3.05, 3.63) is 20.9 Å². The van der Waals surface area contributed by atoms with E-state index >= 15 is 0 Å². The summed E-state index contributed by atoms with van der Waals surface area (Å²) in [5.74, 6) is 0. The lowest BCUT2D eigenvalue weighted by Gasteiger charge is -1.80. The zero-order valence-electron chi connectivity index (χ0n) is 6.20. The zero-order valence-corrected chi connectivity index (χ0v) is 7.01. The SMILES string of the molecule is N#Cc1sc(C#N)c(C#N)c1C#N. The Morgan fingerprint density at radius 2 is 1.08 bits per heavy atom. The summed E-state index contributed by atoms with van der Waals surface area (Å²) >= 11 is 0.868. The zero-order chi connectivity index (χ0) is 9.84. The van der Waals surface area contributed by atoms with Crippen LogP contribution < -0.4 is 0 Å². The number of hydrogen-bond donors (Lipinski definition) is 0. The van der Waals surface area contributed by atoms with Gasteiger partial charge in [-0.2, -0.15) is 21.0 Å². The third kappa shape index (κ3) is 1.21. The highest BCUT2D eigenvalue weighted by atomic mass is 32.1. The van der Waals surface area contributed by atoms with Crippen molar-refractivity contribution in [2.24, 2.45) is 0 Å². The topological polar surface area (TPSA) is 95.2 Å². The first-order valence-electron chi connectivity index (χ1n) is 3.05. The van der Waals surface area contributed by atoms with Gasteiger partial charge in [0.05, 0.1) is 11.1 Å². The Kier molecular flexibility index (Phi) is 2.27. The van der Waals surface area contributed by atoms with Crippen molar-refractivity contribution < 1.29 is 0 Å². The van der Waals surface area contributed by atoms with Gasteiger partial charge < -0.3 is 0 Å². The highest BCUT2D eigenvalue weighted by Crippen LogP contribution is 2.25. The van der Waals surface area contributed by atoms with Gasteiger partial charge in [0.15, 0.2) is 0 Å². The summed E-state index contributed by atoms with van der Waals surface area (Å²) in [7, 11) is 0. The van der Waals surface area contributed by atoms with Crippen LogP contribution in [0.2, 0.25) is 0 Å². The molecule has 0 amide bonds. The van der Waals surface area contributed by atoms with E-state index in [1.807, 2.05) is 0 Å². The van der Waals surface area contributed by atoms with E-state index in [4.69, 9.17) is 21.0 Å². The summed E-state index contributed by atoms with van der Waals surface area (Å²) in [5.41, 5.74) is 0.0121. The quantitative estimate of drug-likeness (QED) is 0.605. The molecule has 0 saturated heterocycles. The minimum Gasteiger partial charge on any atom is -0.192 e. The van der Waals surface area contributed by atoms with Crippen molar-refractivity contribution in [2.45, 2.75) is 0 Å². The van der Waals surface area contributed by atoms with Gasteiger partial charge in [-0.25, -0.2) is 0 Å². The number of nitrogens with zero attached hydrogens (tertiary/aromatic N) is 4. The third-order valence-corrected chi connectivity index (χ3v) is 2.33. The fraction of sp³-hybridized carbons (Fsp3) is 0. The van der Waals surface area contributed by atoms with E-state index in [2.05, 4.69) is 0 Å². The van der Waals surface area contributed by atoms with Crippen molar-refractivity contribution in [2.75, 3.05) is 0 Å². The van der Waals surface area contributed by atoms with Crippen molar-refractivity contribution in [3.8, 4) is 24.3 Å². The molecule has 5 heteroatoms. The van der Waals surface area contributed by atoms with E-state index in [1.54, 1.807) is 24.3 Å². The maximum atomic E-state index is 8.62. The van der Waals surface area contributed by atoms with Gasteiger partial charge in [-0.05, 0) is 0 Å². The molecule has 1 aromatic heterocycles. The lowest BCUT2D eigenvalue weighted by molar-refractivity contribution is 1.43. The highest BCUT2D eigenvalue weighted by Gasteiger charge is 2.17. The minimum absolute atomic E-state index is 0.00606. The molecule has 58 valence electrons. The van der Waals surface area contributed by atoms with Gasteiger partial charge in [0, 0.05) is 0 Å². The molecule has 1 aromatic rings. The number of thiophene rings is 1. The molecule has 0 saturated carbocycles. The predicted molar refractivity (Wildman–Crippen MR) is 43.2 cm³/mol. The fourth-order valence-electron chi connectivity index (χ4n) is 0.802. The molecule has 4 nitrogen and oxygen atoms in total. The molecule has 1 heterocycles. The van der Waals surface area contributed by atoms with Crippen LogP contribution in [0.5, 0.6) is 0 Å². The predicted octanol–water partition coefficient (Wildman–Crippen LogP) is 1.23. The van der Waals surface area contributed by atoms with E-state index in [9.17, 15) is 0 Å². The van der Waals surface area contributed by atoms with Crippen LogP contribution in [0.1, 0.15) is 20.9 Å². The van der Waals surface area contributed by atoms with Crippen LogP contribution in [-0.2, 0) is 0 Å². The van der Waals surface area contributed by atoms with E-state index < -0.39 is 0 Å². The first-order chi connectivity index (χ1) is 6.28. The summed E-state index contributed by atoms with van der Waals surface area (Å²) < 4.78 is 0. The van der Waals surface area contributed by atoms with Crippen LogP contribution in [-0.4, -0.2) is 0 Å². The highest BCUT2D eigenvalue weighted by molar-refractivity contribution is 7.13. The van der Waals surface area contributed by atoms with E-state index in [1.165, 1.54) is 0 Å². The second-order valence-corrected chi connectivity index (χ2v) is 2.98. The van der Waals surface area contributed by atoms with Crippen LogP contribution in [0.4, 0.5) is 0 Å². The van der Waals surface area contributed by atoms with Gasteiger partial charge in [-0.15, -0.1) is 11.3 Å². The Morgan fingerprint density at radius 3 is 1.31 bits per heavy atom. The first kappa shape index (κ1) is 8.75. The second kappa shape index (κ2) is 3.37. The summed E-state index contributed by atoms with van der Waals surface area (Å²) in [4.78, 5) is 0.242.